The van der Waals surface area contributed by atoms with Gasteiger partial charge in [-0.1, -0.05) is 38.1 Å². The van der Waals surface area contributed by atoms with Crippen LogP contribution in [0.4, 0.5) is 0 Å². The van der Waals surface area contributed by atoms with Crippen molar-refractivity contribution in [2.24, 2.45) is 5.73 Å². The first kappa shape index (κ1) is 15.0. The number of nitrogens with zero attached hydrogens (tertiary/aromatic N) is 1. The summed E-state index contributed by atoms with van der Waals surface area (Å²) < 4.78 is 5.88. The van der Waals surface area contributed by atoms with E-state index in [0.29, 0.717) is 18.1 Å². The fraction of sp³-hybridized carbons (Fsp3) is 0.667. The Bertz CT molecular complexity index is 457. The van der Waals surface area contributed by atoms with Crippen molar-refractivity contribution in [2.45, 2.75) is 57.2 Å². The fourth-order valence-electron chi connectivity index (χ4n) is 3.72. The number of fused-ring (bicyclic) bond motifs is 1. The molecule has 3 nitrogen and oxygen atoms in total. The molecule has 0 aromatic heterocycles. The topological polar surface area (TPSA) is 38.5 Å². The van der Waals surface area contributed by atoms with Crippen molar-refractivity contribution in [2.75, 3.05) is 19.7 Å². The monoisotopic (exact) mass is 288 g/mol. The van der Waals surface area contributed by atoms with Crippen molar-refractivity contribution in [3.63, 3.8) is 0 Å². The lowest BCUT2D eigenvalue weighted by atomic mass is 9.98. The third kappa shape index (κ3) is 3.31. The summed E-state index contributed by atoms with van der Waals surface area (Å²) in [7, 11) is 0. The molecule has 3 atom stereocenters. The van der Waals surface area contributed by atoms with Crippen LogP contribution >= 0.6 is 0 Å². The van der Waals surface area contributed by atoms with Crippen LogP contribution in [-0.4, -0.2) is 36.7 Å². The van der Waals surface area contributed by atoms with Gasteiger partial charge in [-0.05, 0) is 36.3 Å². The molecule has 2 aliphatic rings. The quantitative estimate of drug-likeness (QED) is 0.925. The molecule has 3 unspecified atom stereocenters. The van der Waals surface area contributed by atoms with Gasteiger partial charge in [0.15, 0.2) is 0 Å². The standard InChI is InChI=1S/C18H28N2O/c1-13(2)14-6-8-15(9-7-14)16(19)12-20-10-11-21-18-5-3-4-17(18)20/h6-9,13,16-18H,3-5,10-12,19H2,1-2H3. The molecule has 2 N–H and O–H groups in total. The first-order valence-electron chi connectivity index (χ1n) is 8.36. The van der Waals surface area contributed by atoms with Crippen LogP contribution in [0.25, 0.3) is 0 Å². The summed E-state index contributed by atoms with van der Waals surface area (Å²) in [6.45, 7) is 7.29. The molecule has 1 saturated heterocycles. The molecule has 3 heteroatoms. The van der Waals surface area contributed by atoms with Crippen molar-refractivity contribution < 1.29 is 4.74 Å². The van der Waals surface area contributed by atoms with Crippen molar-refractivity contribution >= 4 is 0 Å². The highest BCUT2D eigenvalue weighted by molar-refractivity contribution is 5.27. The van der Waals surface area contributed by atoms with E-state index >= 15 is 0 Å². The Morgan fingerprint density at radius 1 is 1.19 bits per heavy atom. The molecule has 1 aromatic rings. The highest BCUT2D eigenvalue weighted by Crippen LogP contribution is 2.30. The number of hydrogen-bond donors (Lipinski definition) is 1. The minimum atomic E-state index is 0.102. The molecule has 0 amide bonds. The Labute approximate surface area is 128 Å². The smallest absolute Gasteiger partial charge is 0.0730 e. The zero-order valence-electron chi connectivity index (χ0n) is 13.3. The van der Waals surface area contributed by atoms with E-state index in [1.807, 2.05) is 0 Å². The van der Waals surface area contributed by atoms with Gasteiger partial charge in [-0.25, -0.2) is 0 Å². The fourth-order valence-corrected chi connectivity index (χ4v) is 3.72. The number of ether oxygens (including phenoxy) is 1. The van der Waals surface area contributed by atoms with E-state index in [1.165, 1.54) is 30.4 Å². The van der Waals surface area contributed by atoms with Gasteiger partial charge in [0.2, 0.25) is 0 Å². The first-order valence-corrected chi connectivity index (χ1v) is 8.36. The van der Waals surface area contributed by atoms with E-state index in [0.717, 1.165) is 19.7 Å². The van der Waals surface area contributed by atoms with Gasteiger partial charge in [-0.3, -0.25) is 4.90 Å². The van der Waals surface area contributed by atoms with E-state index in [2.05, 4.69) is 43.0 Å². The van der Waals surface area contributed by atoms with E-state index < -0.39 is 0 Å². The predicted molar refractivity (Wildman–Crippen MR) is 86.4 cm³/mol. The number of morpholine rings is 1. The molecule has 1 aliphatic heterocycles. The molecular weight excluding hydrogens is 260 g/mol. The van der Waals surface area contributed by atoms with Gasteiger partial charge >= 0.3 is 0 Å². The zero-order chi connectivity index (χ0) is 14.8. The van der Waals surface area contributed by atoms with Crippen molar-refractivity contribution in [3.8, 4) is 0 Å². The minimum Gasteiger partial charge on any atom is -0.375 e. The van der Waals surface area contributed by atoms with Gasteiger partial charge in [0, 0.05) is 25.2 Å². The van der Waals surface area contributed by atoms with Gasteiger partial charge in [0.05, 0.1) is 12.7 Å². The Morgan fingerprint density at radius 2 is 1.90 bits per heavy atom. The predicted octanol–water partition coefficient (Wildman–Crippen LogP) is 3.06. The van der Waals surface area contributed by atoms with E-state index in [1.54, 1.807) is 0 Å². The Hall–Kier alpha value is -0.900. The summed E-state index contributed by atoms with van der Waals surface area (Å²) in [4.78, 5) is 2.56. The Kier molecular flexibility index (Phi) is 4.63. The minimum absolute atomic E-state index is 0.102. The molecule has 0 bridgehead atoms. The Morgan fingerprint density at radius 3 is 2.62 bits per heavy atom. The lowest BCUT2D eigenvalue weighted by Crippen LogP contribution is -2.50. The van der Waals surface area contributed by atoms with Crippen molar-refractivity contribution in [1.82, 2.24) is 4.90 Å². The molecule has 21 heavy (non-hydrogen) atoms. The Balaban J connectivity index is 1.63. The molecule has 2 fully saturated rings. The van der Waals surface area contributed by atoms with E-state index in [-0.39, 0.29) is 6.04 Å². The van der Waals surface area contributed by atoms with Gasteiger partial charge in [0.1, 0.15) is 0 Å². The number of hydrogen-bond acceptors (Lipinski definition) is 3. The van der Waals surface area contributed by atoms with Gasteiger partial charge in [0.25, 0.3) is 0 Å². The molecule has 0 spiro atoms. The van der Waals surface area contributed by atoms with E-state index in [9.17, 15) is 0 Å². The van der Waals surface area contributed by atoms with Crippen LogP contribution < -0.4 is 5.73 Å². The average Bonchev–Trinajstić information content (AvgIpc) is 2.97. The van der Waals surface area contributed by atoms with Gasteiger partial charge < -0.3 is 10.5 Å². The largest absolute Gasteiger partial charge is 0.375 e. The second-order valence-corrected chi connectivity index (χ2v) is 6.83. The van der Waals surface area contributed by atoms with Crippen LogP contribution in [0.15, 0.2) is 24.3 Å². The molecule has 1 heterocycles. The lowest BCUT2D eigenvalue weighted by molar-refractivity contribution is -0.0571. The van der Waals surface area contributed by atoms with Crippen LogP contribution in [0.3, 0.4) is 0 Å². The number of rotatable bonds is 4. The average molecular weight is 288 g/mol. The molecule has 3 rings (SSSR count). The zero-order valence-corrected chi connectivity index (χ0v) is 13.3. The first-order chi connectivity index (χ1) is 10.1. The second kappa shape index (κ2) is 6.47. The summed E-state index contributed by atoms with van der Waals surface area (Å²) in [6, 6.07) is 9.54. The summed E-state index contributed by atoms with van der Waals surface area (Å²) in [5, 5.41) is 0. The number of benzene rings is 1. The van der Waals surface area contributed by atoms with Crippen molar-refractivity contribution in [3.05, 3.63) is 35.4 Å². The molecule has 1 aromatic carbocycles. The van der Waals surface area contributed by atoms with Crippen LogP contribution in [0, 0.1) is 0 Å². The SMILES string of the molecule is CC(C)c1ccc(C(N)CN2CCOC3CCCC32)cc1. The van der Waals surface area contributed by atoms with Crippen LogP contribution in [0.5, 0.6) is 0 Å². The van der Waals surface area contributed by atoms with Crippen LogP contribution in [-0.2, 0) is 4.74 Å². The van der Waals surface area contributed by atoms with Crippen LogP contribution in [0.2, 0.25) is 0 Å². The summed E-state index contributed by atoms with van der Waals surface area (Å²) in [6.07, 6.45) is 4.24. The maximum Gasteiger partial charge on any atom is 0.0730 e. The third-order valence-electron chi connectivity index (χ3n) is 5.06. The molecule has 116 valence electrons. The molecule has 1 aliphatic carbocycles. The maximum absolute atomic E-state index is 6.45. The molecule has 1 saturated carbocycles. The highest BCUT2D eigenvalue weighted by atomic mass is 16.5. The number of nitrogens with two attached hydrogens (primary N) is 1. The third-order valence-corrected chi connectivity index (χ3v) is 5.06. The maximum atomic E-state index is 6.45. The summed E-state index contributed by atoms with van der Waals surface area (Å²) >= 11 is 0. The lowest BCUT2D eigenvalue weighted by Gasteiger charge is -2.39. The van der Waals surface area contributed by atoms with E-state index in [4.69, 9.17) is 10.5 Å². The summed E-state index contributed by atoms with van der Waals surface area (Å²) in [5.41, 5.74) is 9.09. The molecule has 0 radical (unpaired) electrons. The normalized spacial score (nSPS) is 27.8. The summed E-state index contributed by atoms with van der Waals surface area (Å²) in [5.74, 6) is 0.578. The second-order valence-electron chi connectivity index (χ2n) is 6.83. The van der Waals surface area contributed by atoms with Crippen molar-refractivity contribution in [1.29, 1.82) is 0 Å². The highest BCUT2D eigenvalue weighted by Gasteiger charge is 2.36. The van der Waals surface area contributed by atoms with Gasteiger partial charge in [-0.15, -0.1) is 0 Å². The molecular formula is C18H28N2O. The van der Waals surface area contributed by atoms with Gasteiger partial charge in [-0.2, -0.15) is 0 Å². The van der Waals surface area contributed by atoms with Crippen LogP contribution in [0.1, 0.15) is 56.2 Å².